The van der Waals surface area contributed by atoms with Crippen molar-refractivity contribution in [3.63, 3.8) is 0 Å². The Labute approximate surface area is 58.5 Å². The lowest BCUT2D eigenvalue weighted by atomic mass is 10.8. The predicted molar refractivity (Wildman–Crippen MR) is 43.0 cm³/mol. The first-order valence-electron chi connectivity index (χ1n) is 2.93. The Morgan fingerprint density at radius 3 is 2.00 bits per heavy atom. The zero-order valence-corrected chi connectivity index (χ0v) is 6.43. The summed E-state index contributed by atoms with van der Waals surface area (Å²) in [6.07, 6.45) is 6.66. The maximum Gasteiger partial charge on any atom is 0.0229 e. The molecule has 2 heteroatoms. The van der Waals surface area contributed by atoms with Crippen LogP contribution in [0.25, 0.3) is 0 Å². The first-order valence-corrected chi connectivity index (χ1v) is 5.31. The molecule has 0 aromatic heterocycles. The van der Waals surface area contributed by atoms with E-state index in [1.54, 1.807) is 0 Å². The molecule has 1 aliphatic carbocycles. The van der Waals surface area contributed by atoms with Crippen molar-refractivity contribution in [1.29, 1.82) is 0 Å². The Balaban J connectivity index is 0.0000000907. The minimum Gasteiger partial charge on any atom is -0.0854 e. The molecule has 8 heavy (non-hydrogen) atoms. The number of rotatable bonds is 0. The fraction of sp³-hybridized carbons (Fsp3) is 0.667. The summed E-state index contributed by atoms with van der Waals surface area (Å²) in [5, 5.41) is 2.12. The Morgan fingerprint density at radius 1 is 1.12 bits per heavy atom. The largest absolute Gasteiger partial charge is 0.0854 e. The Hall–Kier alpha value is 0.440. The molecule has 0 atom stereocenters. The molecule has 0 amide bonds. The van der Waals surface area contributed by atoms with Crippen molar-refractivity contribution in [2.45, 2.75) is 19.3 Å². The maximum absolute atomic E-state index is 2.16. The Kier molecular flexibility index (Phi) is 3.55. The van der Waals surface area contributed by atoms with Crippen LogP contribution in [0.1, 0.15) is 19.3 Å². The maximum atomic E-state index is 2.16. The fourth-order valence-corrected chi connectivity index (χ4v) is 1.77. The zero-order valence-electron chi connectivity index (χ0n) is 4.80. The van der Waals surface area contributed by atoms with E-state index in [0.717, 1.165) is 0 Å². The SMILES string of the molecule is C1=CSSC1.C1CC1. The first-order chi connectivity index (χ1) is 4.00. The molecular weight excluding hydrogens is 136 g/mol. The molecule has 46 valence electrons. The molecule has 1 fully saturated rings. The molecule has 0 unspecified atom stereocenters. The van der Waals surface area contributed by atoms with Gasteiger partial charge in [-0.2, -0.15) is 0 Å². The van der Waals surface area contributed by atoms with Crippen molar-refractivity contribution in [2.75, 3.05) is 5.75 Å². The molecule has 0 aromatic rings. The highest BCUT2D eigenvalue weighted by molar-refractivity contribution is 8.78. The molecule has 0 aromatic carbocycles. The van der Waals surface area contributed by atoms with Crippen LogP contribution in [0.15, 0.2) is 11.5 Å². The first kappa shape index (κ1) is 6.56. The average molecular weight is 146 g/mol. The zero-order chi connectivity index (χ0) is 5.66. The lowest BCUT2D eigenvalue weighted by Gasteiger charge is -1.69. The molecule has 0 radical (unpaired) electrons. The molecule has 1 aliphatic heterocycles. The molecule has 0 saturated heterocycles. The van der Waals surface area contributed by atoms with Crippen molar-refractivity contribution in [1.82, 2.24) is 0 Å². The van der Waals surface area contributed by atoms with Crippen LogP contribution in [0.2, 0.25) is 0 Å². The third kappa shape index (κ3) is 4.60. The van der Waals surface area contributed by atoms with Crippen LogP contribution in [0, 0.1) is 0 Å². The van der Waals surface area contributed by atoms with Gasteiger partial charge in [-0.3, -0.25) is 0 Å². The molecule has 0 bridgehead atoms. The van der Waals surface area contributed by atoms with E-state index in [0.29, 0.717) is 0 Å². The standard InChI is InChI=1S/C3H4S2.C3H6/c1-2-4-5-3-1;1-2-3-1/h1-2H,3H2;1-3H2. The second-order valence-electron chi connectivity index (χ2n) is 1.81. The van der Waals surface area contributed by atoms with E-state index in [2.05, 4.69) is 11.5 Å². The highest BCUT2D eigenvalue weighted by Gasteiger charge is 1.95. The summed E-state index contributed by atoms with van der Waals surface area (Å²) in [5.74, 6) is 1.20. The minimum atomic E-state index is 1.20. The third-order valence-corrected chi connectivity index (χ3v) is 2.66. The van der Waals surface area contributed by atoms with Crippen molar-refractivity contribution in [2.24, 2.45) is 0 Å². The van der Waals surface area contributed by atoms with Crippen LogP contribution in [0.3, 0.4) is 0 Å². The lowest BCUT2D eigenvalue weighted by molar-refractivity contribution is 1.50. The van der Waals surface area contributed by atoms with Crippen molar-refractivity contribution in [3.05, 3.63) is 11.5 Å². The molecule has 0 spiro atoms. The van der Waals surface area contributed by atoms with Gasteiger partial charge in [-0.25, -0.2) is 0 Å². The summed E-state index contributed by atoms with van der Waals surface area (Å²) in [6.45, 7) is 0. The normalized spacial score (nSPS) is 22.0. The van der Waals surface area contributed by atoms with E-state index in [1.807, 2.05) is 21.6 Å². The molecule has 0 nitrogen and oxygen atoms in total. The van der Waals surface area contributed by atoms with Gasteiger partial charge in [0, 0.05) is 5.75 Å². The lowest BCUT2D eigenvalue weighted by Crippen LogP contribution is -1.46. The molecule has 0 N–H and O–H groups in total. The van der Waals surface area contributed by atoms with E-state index in [-0.39, 0.29) is 0 Å². The van der Waals surface area contributed by atoms with Gasteiger partial charge in [0.25, 0.3) is 0 Å². The summed E-state index contributed by atoms with van der Waals surface area (Å²) < 4.78 is 0. The van der Waals surface area contributed by atoms with Crippen LogP contribution < -0.4 is 0 Å². The van der Waals surface area contributed by atoms with Crippen LogP contribution in [0.5, 0.6) is 0 Å². The fourth-order valence-electron chi connectivity index (χ4n) is 0.196. The summed E-state index contributed by atoms with van der Waals surface area (Å²) >= 11 is 0. The van der Waals surface area contributed by atoms with E-state index in [4.69, 9.17) is 0 Å². The van der Waals surface area contributed by atoms with E-state index < -0.39 is 0 Å². The second-order valence-corrected chi connectivity index (χ2v) is 4.13. The van der Waals surface area contributed by atoms with Crippen LogP contribution in [-0.2, 0) is 0 Å². The van der Waals surface area contributed by atoms with Crippen molar-refractivity contribution in [3.8, 4) is 0 Å². The van der Waals surface area contributed by atoms with Gasteiger partial charge < -0.3 is 0 Å². The molecular formula is C6H10S2. The molecule has 1 saturated carbocycles. The smallest absolute Gasteiger partial charge is 0.0229 e. The van der Waals surface area contributed by atoms with Gasteiger partial charge in [-0.15, -0.1) is 0 Å². The molecule has 2 aliphatic rings. The van der Waals surface area contributed by atoms with E-state index in [9.17, 15) is 0 Å². The van der Waals surface area contributed by atoms with Crippen LogP contribution >= 0.6 is 21.6 Å². The summed E-state index contributed by atoms with van der Waals surface area (Å²) in [5.41, 5.74) is 0. The topological polar surface area (TPSA) is 0 Å². The monoisotopic (exact) mass is 146 g/mol. The molecule has 1 heterocycles. The average Bonchev–Trinajstić information content (AvgIpc) is 2.55. The third-order valence-electron chi connectivity index (χ3n) is 0.738. The summed E-state index contributed by atoms with van der Waals surface area (Å²) in [6, 6.07) is 0. The van der Waals surface area contributed by atoms with Crippen molar-refractivity contribution < 1.29 is 0 Å². The van der Waals surface area contributed by atoms with Crippen LogP contribution in [-0.4, -0.2) is 5.75 Å². The van der Waals surface area contributed by atoms with Gasteiger partial charge in [0.2, 0.25) is 0 Å². The predicted octanol–water partition coefficient (Wildman–Crippen LogP) is 3.07. The van der Waals surface area contributed by atoms with E-state index >= 15 is 0 Å². The van der Waals surface area contributed by atoms with Crippen molar-refractivity contribution >= 4 is 21.6 Å². The Bertz CT molecular complexity index is 67.8. The van der Waals surface area contributed by atoms with Gasteiger partial charge in [0.1, 0.15) is 0 Å². The highest BCUT2D eigenvalue weighted by atomic mass is 33.1. The van der Waals surface area contributed by atoms with Gasteiger partial charge in [-0.05, 0) is 5.41 Å². The Morgan fingerprint density at radius 2 is 1.88 bits per heavy atom. The van der Waals surface area contributed by atoms with Gasteiger partial charge in [0.15, 0.2) is 0 Å². The second kappa shape index (κ2) is 4.33. The molecule has 2 rings (SSSR count). The number of hydrogen-bond acceptors (Lipinski definition) is 2. The highest BCUT2D eigenvalue weighted by Crippen LogP contribution is 2.27. The van der Waals surface area contributed by atoms with Gasteiger partial charge >= 0.3 is 0 Å². The minimum absolute atomic E-state index is 1.20. The summed E-state index contributed by atoms with van der Waals surface area (Å²) in [7, 11) is 3.69. The van der Waals surface area contributed by atoms with E-state index in [1.165, 1.54) is 25.0 Å². The van der Waals surface area contributed by atoms with Gasteiger partial charge in [-0.1, -0.05) is 46.9 Å². The number of hydrogen-bond donors (Lipinski definition) is 0. The quantitative estimate of drug-likeness (QED) is 0.482. The van der Waals surface area contributed by atoms with Crippen LogP contribution in [0.4, 0.5) is 0 Å². The van der Waals surface area contributed by atoms with Gasteiger partial charge in [0.05, 0.1) is 0 Å². The summed E-state index contributed by atoms with van der Waals surface area (Å²) in [4.78, 5) is 0.